The summed E-state index contributed by atoms with van der Waals surface area (Å²) in [5, 5.41) is 2.81. The Bertz CT molecular complexity index is 631. The molecule has 3 N–H and O–H groups in total. The van der Waals surface area contributed by atoms with Crippen molar-refractivity contribution in [2.24, 2.45) is 5.73 Å². The van der Waals surface area contributed by atoms with Gasteiger partial charge in [-0.3, -0.25) is 4.79 Å². The van der Waals surface area contributed by atoms with Crippen LogP contribution in [-0.2, 0) is 4.79 Å². The normalized spacial score (nSPS) is 13.0. The Balaban J connectivity index is 1.83. The molecule has 0 bridgehead atoms. The number of benzene rings is 2. The Morgan fingerprint density at radius 2 is 1.83 bits per heavy atom. The van der Waals surface area contributed by atoms with Crippen molar-refractivity contribution in [3.05, 3.63) is 60.2 Å². The van der Waals surface area contributed by atoms with Gasteiger partial charge in [0.15, 0.2) is 0 Å². The van der Waals surface area contributed by atoms with Gasteiger partial charge in [-0.2, -0.15) is 0 Å². The third kappa shape index (κ3) is 5.00. The lowest BCUT2D eigenvalue weighted by Crippen LogP contribution is -2.39. The van der Waals surface area contributed by atoms with Crippen LogP contribution in [0.15, 0.2) is 54.6 Å². The Morgan fingerprint density at radius 3 is 2.52 bits per heavy atom. The number of nitrogens with two attached hydrogens (primary N) is 1. The van der Waals surface area contributed by atoms with Crippen LogP contribution in [0.4, 0.5) is 0 Å². The molecule has 2 aromatic carbocycles. The van der Waals surface area contributed by atoms with Crippen molar-refractivity contribution >= 4 is 5.91 Å². The molecule has 2 rings (SSSR count). The van der Waals surface area contributed by atoms with Crippen molar-refractivity contribution in [1.29, 1.82) is 0 Å². The van der Waals surface area contributed by atoms with Crippen LogP contribution in [0.2, 0.25) is 0 Å². The van der Waals surface area contributed by atoms with Gasteiger partial charge >= 0.3 is 0 Å². The highest BCUT2D eigenvalue weighted by Gasteiger charge is 2.16. The molecular weight excluding hydrogens is 292 g/mol. The van der Waals surface area contributed by atoms with Crippen molar-refractivity contribution in [3.63, 3.8) is 0 Å². The van der Waals surface area contributed by atoms with E-state index in [1.807, 2.05) is 55.5 Å². The first-order valence-electron chi connectivity index (χ1n) is 7.49. The summed E-state index contributed by atoms with van der Waals surface area (Å²) in [5.41, 5.74) is 6.73. The van der Waals surface area contributed by atoms with E-state index in [4.69, 9.17) is 15.2 Å². The number of ether oxygens (including phenoxy) is 2. The Labute approximate surface area is 136 Å². The second-order valence-electron chi connectivity index (χ2n) is 5.24. The highest BCUT2D eigenvalue weighted by atomic mass is 16.5. The molecule has 5 nitrogen and oxygen atoms in total. The van der Waals surface area contributed by atoms with Gasteiger partial charge in [0.05, 0.1) is 13.7 Å². The van der Waals surface area contributed by atoms with E-state index in [2.05, 4.69) is 5.32 Å². The van der Waals surface area contributed by atoms with Crippen LogP contribution in [0.25, 0.3) is 0 Å². The van der Waals surface area contributed by atoms with Gasteiger partial charge in [-0.05, 0) is 24.6 Å². The number of amides is 1. The molecule has 0 spiro atoms. The molecule has 0 radical (unpaired) electrons. The van der Waals surface area contributed by atoms with Gasteiger partial charge in [-0.1, -0.05) is 36.4 Å². The molecule has 0 aliphatic carbocycles. The van der Waals surface area contributed by atoms with E-state index >= 15 is 0 Å². The smallest absolute Gasteiger partial charge is 0.241 e. The summed E-state index contributed by atoms with van der Waals surface area (Å²) in [6, 6.07) is 15.9. The van der Waals surface area contributed by atoms with Crippen molar-refractivity contribution in [3.8, 4) is 11.5 Å². The molecule has 1 amide bonds. The summed E-state index contributed by atoms with van der Waals surface area (Å²) in [4.78, 5) is 12.1. The summed E-state index contributed by atoms with van der Waals surface area (Å²) in [5.74, 6) is 1.19. The van der Waals surface area contributed by atoms with E-state index in [-0.39, 0.29) is 12.0 Å². The van der Waals surface area contributed by atoms with Gasteiger partial charge in [0.25, 0.3) is 0 Å². The molecule has 23 heavy (non-hydrogen) atoms. The van der Waals surface area contributed by atoms with E-state index in [1.54, 1.807) is 13.2 Å². The highest BCUT2D eigenvalue weighted by molar-refractivity contribution is 5.82. The summed E-state index contributed by atoms with van der Waals surface area (Å²) in [6.07, 6.45) is -0.186. The fourth-order valence-corrected chi connectivity index (χ4v) is 2.11. The van der Waals surface area contributed by atoms with Gasteiger partial charge in [0.2, 0.25) is 5.91 Å². The molecule has 2 unspecified atom stereocenters. The third-order valence-electron chi connectivity index (χ3n) is 3.38. The van der Waals surface area contributed by atoms with Crippen LogP contribution in [0.3, 0.4) is 0 Å². The van der Waals surface area contributed by atoms with Crippen LogP contribution >= 0.6 is 0 Å². The Morgan fingerprint density at radius 1 is 1.13 bits per heavy atom. The summed E-state index contributed by atoms with van der Waals surface area (Å²) >= 11 is 0. The van der Waals surface area contributed by atoms with E-state index < -0.39 is 6.04 Å². The minimum Gasteiger partial charge on any atom is -0.497 e. The lowest BCUT2D eigenvalue weighted by Gasteiger charge is -2.18. The van der Waals surface area contributed by atoms with Crippen LogP contribution in [0.1, 0.15) is 18.5 Å². The van der Waals surface area contributed by atoms with E-state index in [1.165, 1.54) is 0 Å². The first-order valence-corrected chi connectivity index (χ1v) is 7.49. The van der Waals surface area contributed by atoms with Crippen molar-refractivity contribution in [2.75, 3.05) is 13.7 Å². The van der Waals surface area contributed by atoms with Gasteiger partial charge in [-0.25, -0.2) is 0 Å². The molecule has 2 atom stereocenters. The largest absolute Gasteiger partial charge is 0.497 e. The molecule has 0 fully saturated rings. The maximum atomic E-state index is 12.1. The third-order valence-corrected chi connectivity index (χ3v) is 3.38. The molecule has 5 heteroatoms. The number of rotatable bonds is 7. The van der Waals surface area contributed by atoms with Gasteiger partial charge in [0.1, 0.15) is 23.6 Å². The topological polar surface area (TPSA) is 73.6 Å². The number of carbonyl (C=O) groups is 1. The minimum absolute atomic E-state index is 0.186. The Kier molecular flexibility index (Phi) is 6.00. The van der Waals surface area contributed by atoms with Crippen molar-refractivity contribution in [1.82, 2.24) is 5.32 Å². The van der Waals surface area contributed by atoms with Crippen molar-refractivity contribution < 1.29 is 14.3 Å². The number of methoxy groups -OCH3 is 1. The quantitative estimate of drug-likeness (QED) is 0.822. The van der Waals surface area contributed by atoms with E-state index in [9.17, 15) is 4.79 Å². The fraction of sp³-hybridized carbons (Fsp3) is 0.278. The van der Waals surface area contributed by atoms with E-state index in [0.29, 0.717) is 12.3 Å². The molecule has 0 heterocycles. The maximum absolute atomic E-state index is 12.1. The van der Waals surface area contributed by atoms with Gasteiger partial charge in [0, 0.05) is 6.07 Å². The fourth-order valence-electron chi connectivity index (χ4n) is 2.11. The molecular formula is C18H22N2O3. The SMILES string of the molecule is COc1cccc(OC(C)CNC(=O)C(N)c2ccccc2)c1. The van der Waals surface area contributed by atoms with Crippen LogP contribution in [0.5, 0.6) is 11.5 Å². The standard InChI is InChI=1S/C18H22N2O3/c1-13(23-16-10-6-9-15(11-16)22-2)12-20-18(21)17(19)14-7-4-3-5-8-14/h3-11,13,17H,12,19H2,1-2H3,(H,20,21). The highest BCUT2D eigenvalue weighted by Crippen LogP contribution is 2.19. The molecule has 0 aliphatic heterocycles. The monoisotopic (exact) mass is 314 g/mol. The molecule has 0 aromatic heterocycles. The zero-order chi connectivity index (χ0) is 16.7. The average Bonchev–Trinajstić information content (AvgIpc) is 2.60. The van der Waals surface area contributed by atoms with Crippen molar-refractivity contribution in [2.45, 2.75) is 19.1 Å². The van der Waals surface area contributed by atoms with Crippen LogP contribution in [0, 0.1) is 0 Å². The molecule has 2 aromatic rings. The predicted octanol–water partition coefficient (Wildman–Crippen LogP) is 2.28. The summed E-state index contributed by atoms with van der Waals surface area (Å²) in [7, 11) is 1.60. The lowest BCUT2D eigenvalue weighted by molar-refractivity contribution is -0.122. The average molecular weight is 314 g/mol. The first-order chi connectivity index (χ1) is 11.1. The summed E-state index contributed by atoms with van der Waals surface area (Å²) in [6.45, 7) is 2.25. The molecule has 0 saturated carbocycles. The number of carbonyl (C=O) groups excluding carboxylic acids is 1. The summed E-state index contributed by atoms with van der Waals surface area (Å²) < 4.78 is 10.9. The Hall–Kier alpha value is -2.53. The molecule has 122 valence electrons. The molecule has 0 saturated heterocycles. The van der Waals surface area contributed by atoms with Gasteiger partial charge < -0.3 is 20.5 Å². The first kappa shape index (κ1) is 16.8. The lowest BCUT2D eigenvalue weighted by atomic mass is 10.1. The second-order valence-corrected chi connectivity index (χ2v) is 5.24. The van der Waals surface area contributed by atoms with Gasteiger partial charge in [-0.15, -0.1) is 0 Å². The number of hydrogen-bond donors (Lipinski definition) is 2. The maximum Gasteiger partial charge on any atom is 0.241 e. The second kappa shape index (κ2) is 8.19. The number of hydrogen-bond acceptors (Lipinski definition) is 4. The zero-order valence-electron chi connectivity index (χ0n) is 13.4. The zero-order valence-corrected chi connectivity index (χ0v) is 13.4. The van der Waals surface area contributed by atoms with E-state index in [0.717, 1.165) is 11.3 Å². The minimum atomic E-state index is -0.680. The number of nitrogens with one attached hydrogen (secondary N) is 1. The van der Waals surface area contributed by atoms with Crippen LogP contribution < -0.4 is 20.5 Å². The van der Waals surface area contributed by atoms with Crippen LogP contribution in [-0.4, -0.2) is 25.7 Å². The molecule has 0 aliphatic rings. The predicted molar refractivity (Wildman–Crippen MR) is 89.5 cm³/mol.